The molecule has 4 nitrogen and oxygen atoms in total. The summed E-state index contributed by atoms with van der Waals surface area (Å²) in [5, 5.41) is 23.6. The van der Waals surface area contributed by atoms with Crippen molar-refractivity contribution in [2.75, 3.05) is 5.32 Å². The predicted molar refractivity (Wildman–Crippen MR) is 85.9 cm³/mol. The second-order valence-corrected chi connectivity index (χ2v) is 5.03. The fraction of sp³-hybridized carbons (Fsp3) is 0.0556. The summed E-state index contributed by atoms with van der Waals surface area (Å²) < 4.78 is 0. The minimum absolute atomic E-state index is 0.0420. The van der Waals surface area contributed by atoms with Crippen molar-refractivity contribution < 1.29 is 15.0 Å². The molecule has 0 aromatic heterocycles. The maximum Gasteiger partial charge on any atom is 0.259 e. The summed E-state index contributed by atoms with van der Waals surface area (Å²) in [5.41, 5.74) is 1.60. The predicted octanol–water partition coefficient (Wildman–Crippen LogP) is 3.29. The van der Waals surface area contributed by atoms with E-state index in [4.69, 9.17) is 5.11 Å². The molecule has 0 aliphatic rings. The Bertz CT molecular complexity index is 825. The van der Waals surface area contributed by atoms with E-state index in [0.29, 0.717) is 5.69 Å². The van der Waals surface area contributed by atoms with Gasteiger partial charge in [-0.05, 0) is 40.6 Å². The molecule has 0 saturated heterocycles. The molecule has 3 rings (SSSR count). The number of phenols is 1. The van der Waals surface area contributed by atoms with E-state index in [1.54, 1.807) is 36.4 Å². The molecule has 3 aromatic rings. The highest BCUT2D eigenvalue weighted by molar-refractivity contribution is 6.08. The third-order valence-electron chi connectivity index (χ3n) is 3.50. The summed E-state index contributed by atoms with van der Waals surface area (Å²) in [7, 11) is 0. The lowest BCUT2D eigenvalue weighted by atomic mass is 10.1. The summed E-state index contributed by atoms with van der Waals surface area (Å²) in [4.78, 5) is 12.3. The topological polar surface area (TPSA) is 69.6 Å². The Balaban J connectivity index is 1.89. The number of aromatic hydroxyl groups is 1. The van der Waals surface area contributed by atoms with Gasteiger partial charge in [0, 0.05) is 5.69 Å². The van der Waals surface area contributed by atoms with Crippen LogP contribution in [0.5, 0.6) is 5.75 Å². The molecule has 0 unspecified atom stereocenters. The van der Waals surface area contributed by atoms with E-state index in [2.05, 4.69) is 5.32 Å². The summed E-state index contributed by atoms with van der Waals surface area (Å²) in [5.74, 6) is -0.428. The summed E-state index contributed by atoms with van der Waals surface area (Å²) in [6, 6.07) is 17.7. The fourth-order valence-corrected chi connectivity index (χ4v) is 2.30. The van der Waals surface area contributed by atoms with Crippen LogP contribution in [0.25, 0.3) is 10.8 Å². The minimum atomic E-state index is -0.375. The van der Waals surface area contributed by atoms with E-state index in [1.165, 1.54) is 0 Å². The first-order valence-electron chi connectivity index (χ1n) is 6.90. The Morgan fingerprint density at radius 3 is 2.23 bits per heavy atom. The number of carbonyl (C=O) groups excluding carboxylic acids is 1. The first-order valence-corrected chi connectivity index (χ1v) is 6.90. The molecule has 0 fully saturated rings. The highest BCUT2D eigenvalue weighted by Gasteiger charge is 2.12. The Labute approximate surface area is 127 Å². The van der Waals surface area contributed by atoms with Gasteiger partial charge in [-0.15, -0.1) is 0 Å². The van der Waals surface area contributed by atoms with Crippen molar-refractivity contribution >= 4 is 22.4 Å². The van der Waals surface area contributed by atoms with E-state index >= 15 is 0 Å². The van der Waals surface area contributed by atoms with Crippen molar-refractivity contribution in [1.82, 2.24) is 0 Å². The molecule has 0 aliphatic heterocycles. The van der Waals surface area contributed by atoms with Crippen LogP contribution in [-0.4, -0.2) is 16.1 Å². The summed E-state index contributed by atoms with van der Waals surface area (Å²) >= 11 is 0. The van der Waals surface area contributed by atoms with Crippen molar-refractivity contribution in [1.29, 1.82) is 0 Å². The lowest BCUT2D eigenvalue weighted by molar-refractivity contribution is 0.102. The zero-order valence-corrected chi connectivity index (χ0v) is 11.8. The van der Waals surface area contributed by atoms with Gasteiger partial charge >= 0.3 is 0 Å². The van der Waals surface area contributed by atoms with Gasteiger partial charge in [0.25, 0.3) is 5.91 Å². The molecule has 0 atom stereocenters. The lowest BCUT2D eigenvalue weighted by Gasteiger charge is -2.09. The van der Waals surface area contributed by atoms with Gasteiger partial charge in [-0.2, -0.15) is 0 Å². The normalized spacial score (nSPS) is 10.6. The molecule has 0 aliphatic carbocycles. The maximum absolute atomic E-state index is 12.3. The Morgan fingerprint density at radius 2 is 1.59 bits per heavy atom. The van der Waals surface area contributed by atoms with Crippen LogP contribution < -0.4 is 5.32 Å². The number of aliphatic hydroxyl groups excluding tert-OH is 1. The molecule has 3 aromatic carbocycles. The molecule has 0 radical (unpaired) electrons. The monoisotopic (exact) mass is 293 g/mol. The first kappa shape index (κ1) is 14.1. The van der Waals surface area contributed by atoms with Crippen molar-refractivity contribution in [2.24, 2.45) is 0 Å². The molecule has 0 saturated carbocycles. The number of rotatable bonds is 3. The van der Waals surface area contributed by atoms with Crippen molar-refractivity contribution in [3.05, 3.63) is 71.8 Å². The first-order chi connectivity index (χ1) is 10.7. The van der Waals surface area contributed by atoms with Gasteiger partial charge < -0.3 is 15.5 Å². The Morgan fingerprint density at radius 1 is 0.955 bits per heavy atom. The highest BCUT2D eigenvalue weighted by Crippen LogP contribution is 2.25. The molecule has 0 bridgehead atoms. The van der Waals surface area contributed by atoms with Crippen LogP contribution in [0.3, 0.4) is 0 Å². The minimum Gasteiger partial charge on any atom is -0.507 e. The van der Waals surface area contributed by atoms with Gasteiger partial charge in [-0.3, -0.25) is 4.79 Å². The summed E-state index contributed by atoms with van der Waals surface area (Å²) in [6.07, 6.45) is 0. The maximum atomic E-state index is 12.3. The molecule has 0 heterocycles. The Hall–Kier alpha value is -2.85. The highest BCUT2D eigenvalue weighted by atomic mass is 16.3. The van der Waals surface area contributed by atoms with Crippen LogP contribution in [0.4, 0.5) is 5.69 Å². The van der Waals surface area contributed by atoms with E-state index < -0.39 is 0 Å². The zero-order chi connectivity index (χ0) is 15.5. The Kier molecular flexibility index (Phi) is 3.76. The molecular weight excluding hydrogens is 278 g/mol. The van der Waals surface area contributed by atoms with E-state index in [1.807, 2.05) is 24.3 Å². The van der Waals surface area contributed by atoms with Crippen LogP contribution >= 0.6 is 0 Å². The molecule has 110 valence electrons. The van der Waals surface area contributed by atoms with Crippen LogP contribution in [0.1, 0.15) is 15.9 Å². The average Bonchev–Trinajstić information content (AvgIpc) is 2.54. The van der Waals surface area contributed by atoms with Gasteiger partial charge in [-0.1, -0.05) is 36.4 Å². The van der Waals surface area contributed by atoms with Crippen molar-refractivity contribution in [3.8, 4) is 5.75 Å². The number of hydrogen-bond acceptors (Lipinski definition) is 3. The number of carbonyl (C=O) groups is 1. The molecular formula is C18H15NO3. The van der Waals surface area contributed by atoms with Crippen molar-refractivity contribution in [2.45, 2.75) is 6.61 Å². The van der Waals surface area contributed by atoms with Gasteiger partial charge in [0.05, 0.1) is 12.2 Å². The molecule has 22 heavy (non-hydrogen) atoms. The number of hydrogen-bond donors (Lipinski definition) is 3. The third kappa shape index (κ3) is 2.77. The molecule has 0 spiro atoms. The largest absolute Gasteiger partial charge is 0.507 e. The number of benzene rings is 3. The van der Waals surface area contributed by atoms with Crippen LogP contribution in [-0.2, 0) is 6.61 Å². The molecule has 3 N–H and O–H groups in total. The SMILES string of the molecule is O=C(Nc1ccc(CO)cc1)c1cc2ccccc2cc1O. The number of nitrogens with one attached hydrogen (secondary N) is 1. The number of amides is 1. The van der Waals surface area contributed by atoms with E-state index in [-0.39, 0.29) is 23.8 Å². The van der Waals surface area contributed by atoms with Gasteiger partial charge in [-0.25, -0.2) is 0 Å². The fourth-order valence-electron chi connectivity index (χ4n) is 2.30. The quantitative estimate of drug-likeness (QED) is 0.694. The second kappa shape index (κ2) is 5.87. The van der Waals surface area contributed by atoms with Crippen LogP contribution in [0, 0.1) is 0 Å². The smallest absolute Gasteiger partial charge is 0.259 e. The van der Waals surface area contributed by atoms with E-state index in [9.17, 15) is 9.90 Å². The van der Waals surface area contributed by atoms with Crippen LogP contribution in [0.2, 0.25) is 0 Å². The van der Waals surface area contributed by atoms with Gasteiger partial charge in [0.2, 0.25) is 0 Å². The molecule has 4 heteroatoms. The standard InChI is InChI=1S/C18H15NO3/c20-11-12-5-7-15(8-6-12)19-18(22)16-9-13-3-1-2-4-14(13)10-17(16)21/h1-10,20-21H,11H2,(H,19,22). The van der Waals surface area contributed by atoms with Crippen molar-refractivity contribution in [3.63, 3.8) is 0 Å². The third-order valence-corrected chi connectivity index (χ3v) is 3.50. The molecule has 1 amide bonds. The summed E-state index contributed by atoms with van der Waals surface area (Å²) in [6.45, 7) is -0.0420. The lowest BCUT2D eigenvalue weighted by Crippen LogP contribution is -2.12. The number of fused-ring (bicyclic) bond motifs is 1. The van der Waals surface area contributed by atoms with E-state index in [0.717, 1.165) is 16.3 Å². The van der Waals surface area contributed by atoms with Gasteiger partial charge in [0.15, 0.2) is 0 Å². The van der Waals surface area contributed by atoms with Crippen LogP contribution in [0.15, 0.2) is 60.7 Å². The number of phenolic OH excluding ortho intramolecular Hbond substituents is 1. The average molecular weight is 293 g/mol. The number of anilines is 1. The van der Waals surface area contributed by atoms with Gasteiger partial charge in [0.1, 0.15) is 5.75 Å². The number of aliphatic hydroxyl groups is 1. The second-order valence-electron chi connectivity index (χ2n) is 5.03. The zero-order valence-electron chi connectivity index (χ0n) is 11.8.